The fourth-order valence-corrected chi connectivity index (χ4v) is 4.17. The molecule has 0 aromatic heterocycles. The fourth-order valence-electron chi connectivity index (χ4n) is 3.77. The number of β-amino-alcohol motifs (C(OH)–C–C–N with tert-alkyl or cyclic N) is 1. The summed E-state index contributed by atoms with van der Waals surface area (Å²) in [6.45, 7) is 9.26. The second-order valence-electron chi connectivity index (χ2n) is 7.69. The maximum Gasteiger partial charge on any atom is 0.133 e. The summed E-state index contributed by atoms with van der Waals surface area (Å²) in [5, 5.41) is 20.5. The Bertz CT molecular complexity index is 515. The monoisotopic (exact) mass is 385 g/mol. The molecule has 1 aromatic rings. The molecule has 2 N–H and O–H groups in total. The van der Waals surface area contributed by atoms with Gasteiger partial charge in [0.05, 0.1) is 10.6 Å². The molecule has 0 aliphatic carbocycles. The van der Waals surface area contributed by atoms with Gasteiger partial charge in [0.15, 0.2) is 0 Å². The van der Waals surface area contributed by atoms with Gasteiger partial charge >= 0.3 is 0 Å². The number of piperidine rings is 1. The molecule has 2 rings (SSSR count). The van der Waals surface area contributed by atoms with Crippen molar-refractivity contribution in [1.82, 2.24) is 4.90 Å². The van der Waals surface area contributed by atoms with E-state index in [0.717, 1.165) is 10.2 Å². The van der Waals surface area contributed by atoms with Gasteiger partial charge in [-0.05, 0) is 68.6 Å². The van der Waals surface area contributed by atoms with Crippen LogP contribution in [0.2, 0.25) is 0 Å². The lowest BCUT2D eigenvalue weighted by Crippen LogP contribution is -2.63. The van der Waals surface area contributed by atoms with Crippen LogP contribution in [-0.4, -0.2) is 51.6 Å². The molecule has 0 amide bonds. The lowest BCUT2D eigenvalue weighted by atomic mass is 9.78. The van der Waals surface area contributed by atoms with Gasteiger partial charge < -0.3 is 14.9 Å². The summed E-state index contributed by atoms with van der Waals surface area (Å²) in [6.07, 6.45) is 0.559. The van der Waals surface area contributed by atoms with Gasteiger partial charge in [-0.2, -0.15) is 0 Å². The first-order valence-corrected chi connectivity index (χ1v) is 8.92. The van der Waals surface area contributed by atoms with Crippen molar-refractivity contribution in [2.75, 3.05) is 13.2 Å². The van der Waals surface area contributed by atoms with E-state index >= 15 is 0 Å². The van der Waals surface area contributed by atoms with E-state index in [4.69, 9.17) is 4.74 Å². The summed E-state index contributed by atoms with van der Waals surface area (Å²) < 4.78 is 6.61. The highest BCUT2D eigenvalue weighted by molar-refractivity contribution is 9.10. The van der Waals surface area contributed by atoms with Crippen LogP contribution in [0.15, 0.2) is 28.7 Å². The molecule has 23 heavy (non-hydrogen) atoms. The zero-order chi connectivity index (χ0) is 17.3. The van der Waals surface area contributed by atoms with Crippen LogP contribution in [0.3, 0.4) is 0 Å². The molecule has 1 unspecified atom stereocenters. The molecule has 1 saturated heterocycles. The zero-order valence-electron chi connectivity index (χ0n) is 14.4. The number of ether oxygens (including phenoxy) is 1. The number of benzene rings is 1. The maximum absolute atomic E-state index is 10.4. The third-order valence-corrected chi connectivity index (χ3v) is 5.25. The molecular weight excluding hydrogens is 358 g/mol. The van der Waals surface area contributed by atoms with Gasteiger partial charge in [0, 0.05) is 17.6 Å². The van der Waals surface area contributed by atoms with Crippen LogP contribution in [0.25, 0.3) is 0 Å². The molecule has 1 heterocycles. The lowest BCUT2D eigenvalue weighted by molar-refractivity contribution is -0.1000. The fraction of sp³-hybridized carbons (Fsp3) is 0.667. The quantitative estimate of drug-likeness (QED) is 0.816. The van der Waals surface area contributed by atoms with E-state index in [1.165, 1.54) is 0 Å². The second kappa shape index (κ2) is 7.09. The molecule has 4 nitrogen and oxygen atoms in total. The number of hydrogen-bond donors (Lipinski definition) is 2. The minimum absolute atomic E-state index is 0.157. The van der Waals surface area contributed by atoms with Crippen LogP contribution >= 0.6 is 15.9 Å². The zero-order valence-corrected chi connectivity index (χ0v) is 16.0. The van der Waals surface area contributed by atoms with E-state index in [1.54, 1.807) is 0 Å². The third kappa shape index (κ3) is 4.69. The Morgan fingerprint density at radius 1 is 1.22 bits per heavy atom. The predicted octanol–water partition coefficient (Wildman–Crippen LogP) is 3.20. The number of hydrogen-bond acceptors (Lipinski definition) is 4. The van der Waals surface area contributed by atoms with Crippen LogP contribution in [0, 0.1) is 0 Å². The molecule has 0 bridgehead atoms. The highest BCUT2D eigenvalue weighted by atomic mass is 79.9. The summed E-state index contributed by atoms with van der Waals surface area (Å²) in [6, 6.07) is 7.63. The lowest BCUT2D eigenvalue weighted by Gasteiger charge is -2.54. The average Bonchev–Trinajstić information content (AvgIpc) is 2.41. The Labute approximate surface area is 147 Å². The van der Waals surface area contributed by atoms with Crippen molar-refractivity contribution in [2.45, 2.75) is 63.8 Å². The Hall–Kier alpha value is -0.620. The van der Waals surface area contributed by atoms with E-state index < -0.39 is 6.10 Å². The largest absolute Gasteiger partial charge is 0.490 e. The third-order valence-electron chi connectivity index (χ3n) is 4.59. The molecule has 1 fully saturated rings. The molecule has 1 aliphatic heterocycles. The van der Waals surface area contributed by atoms with Crippen molar-refractivity contribution in [2.24, 2.45) is 0 Å². The highest BCUT2D eigenvalue weighted by Gasteiger charge is 2.45. The van der Waals surface area contributed by atoms with E-state index in [-0.39, 0.29) is 23.8 Å². The van der Waals surface area contributed by atoms with Crippen molar-refractivity contribution in [3.8, 4) is 5.75 Å². The summed E-state index contributed by atoms with van der Waals surface area (Å²) in [7, 11) is 0. The average molecular weight is 386 g/mol. The first-order valence-electron chi connectivity index (χ1n) is 8.13. The van der Waals surface area contributed by atoms with Gasteiger partial charge in [0.2, 0.25) is 0 Å². The number of halogens is 1. The molecule has 1 aromatic carbocycles. The standard InChI is InChI=1S/C18H28BrNO3/c1-17(2)9-13(21)10-18(3,4)20(17)11-14(22)12-23-16-8-6-5-7-15(16)19/h5-8,13-14,21-22H,9-12H2,1-4H3. The first-order chi connectivity index (χ1) is 10.6. The summed E-state index contributed by atoms with van der Waals surface area (Å²) in [4.78, 5) is 2.29. The Morgan fingerprint density at radius 2 is 1.78 bits per heavy atom. The van der Waals surface area contributed by atoms with Crippen LogP contribution in [-0.2, 0) is 0 Å². The topological polar surface area (TPSA) is 52.9 Å². The Balaban J connectivity index is 1.98. The number of likely N-dealkylation sites (tertiary alicyclic amines) is 1. The minimum Gasteiger partial charge on any atom is -0.490 e. The van der Waals surface area contributed by atoms with Crippen LogP contribution < -0.4 is 4.74 Å². The van der Waals surface area contributed by atoms with E-state index in [9.17, 15) is 10.2 Å². The maximum atomic E-state index is 10.4. The first kappa shape index (κ1) is 18.7. The van der Waals surface area contributed by atoms with E-state index in [0.29, 0.717) is 19.4 Å². The van der Waals surface area contributed by atoms with Crippen molar-refractivity contribution < 1.29 is 14.9 Å². The summed E-state index contributed by atoms with van der Waals surface area (Å²) in [5.74, 6) is 0.735. The molecule has 5 heteroatoms. The number of nitrogens with zero attached hydrogens (tertiary/aromatic N) is 1. The van der Waals surface area contributed by atoms with E-state index in [2.05, 4.69) is 48.5 Å². The highest BCUT2D eigenvalue weighted by Crippen LogP contribution is 2.38. The molecule has 0 spiro atoms. The molecule has 130 valence electrons. The van der Waals surface area contributed by atoms with Gasteiger partial charge in [0.1, 0.15) is 18.5 Å². The smallest absolute Gasteiger partial charge is 0.133 e. The molecule has 0 saturated carbocycles. The van der Waals surface area contributed by atoms with Crippen molar-refractivity contribution in [3.05, 3.63) is 28.7 Å². The van der Waals surface area contributed by atoms with Crippen molar-refractivity contribution >= 4 is 15.9 Å². The van der Waals surface area contributed by atoms with Crippen LogP contribution in [0.4, 0.5) is 0 Å². The minimum atomic E-state index is -0.587. The number of para-hydroxylation sites is 1. The van der Waals surface area contributed by atoms with Gasteiger partial charge in [-0.3, -0.25) is 4.90 Å². The number of rotatable bonds is 5. The predicted molar refractivity (Wildman–Crippen MR) is 95.7 cm³/mol. The Kier molecular flexibility index (Phi) is 5.77. The Morgan fingerprint density at radius 3 is 2.35 bits per heavy atom. The molecule has 1 aliphatic rings. The van der Waals surface area contributed by atoms with E-state index in [1.807, 2.05) is 24.3 Å². The molecule has 1 atom stereocenters. The molecular formula is C18H28BrNO3. The van der Waals surface area contributed by atoms with Crippen molar-refractivity contribution in [1.29, 1.82) is 0 Å². The van der Waals surface area contributed by atoms with Gasteiger partial charge in [0.25, 0.3) is 0 Å². The summed E-state index contributed by atoms with van der Waals surface area (Å²) in [5.41, 5.74) is -0.315. The summed E-state index contributed by atoms with van der Waals surface area (Å²) >= 11 is 3.44. The van der Waals surface area contributed by atoms with Gasteiger partial charge in [-0.15, -0.1) is 0 Å². The molecule has 0 radical (unpaired) electrons. The number of aliphatic hydroxyl groups excluding tert-OH is 2. The van der Waals surface area contributed by atoms with Gasteiger partial charge in [-0.25, -0.2) is 0 Å². The number of aliphatic hydroxyl groups is 2. The van der Waals surface area contributed by atoms with Crippen LogP contribution in [0.1, 0.15) is 40.5 Å². The SMILES string of the molecule is CC1(C)CC(O)CC(C)(C)N1CC(O)COc1ccccc1Br. The van der Waals surface area contributed by atoms with Crippen molar-refractivity contribution in [3.63, 3.8) is 0 Å². The second-order valence-corrected chi connectivity index (χ2v) is 8.55. The van der Waals surface area contributed by atoms with Gasteiger partial charge in [-0.1, -0.05) is 12.1 Å². The van der Waals surface area contributed by atoms with Crippen LogP contribution in [0.5, 0.6) is 5.75 Å². The normalized spacial score (nSPS) is 22.7.